The van der Waals surface area contributed by atoms with Crippen LogP contribution in [-0.4, -0.2) is 24.3 Å². The topological polar surface area (TPSA) is 46.6 Å². The summed E-state index contributed by atoms with van der Waals surface area (Å²) >= 11 is 0. The highest BCUT2D eigenvalue weighted by Crippen LogP contribution is 2.33. The molecule has 0 bridgehead atoms. The van der Waals surface area contributed by atoms with Crippen molar-refractivity contribution in [2.45, 2.75) is 13.0 Å². The van der Waals surface area contributed by atoms with E-state index in [4.69, 9.17) is 4.74 Å². The first-order valence-corrected chi connectivity index (χ1v) is 6.82. The minimum Gasteiger partial charge on any atom is -0.479 e. The number of benzene rings is 2. The second-order valence-corrected chi connectivity index (χ2v) is 4.94. The number of nitrogens with zero attached hydrogens (tertiary/aromatic N) is 1. The number of hydrogen-bond donors (Lipinski definition) is 0. The van der Waals surface area contributed by atoms with Gasteiger partial charge in [0.05, 0.1) is 12.2 Å². The third kappa shape index (κ3) is 2.52. The lowest BCUT2D eigenvalue weighted by Gasteiger charge is -2.32. The molecule has 0 N–H and O–H groups in total. The summed E-state index contributed by atoms with van der Waals surface area (Å²) in [6.07, 6.45) is -0.580. The van der Waals surface area contributed by atoms with Gasteiger partial charge in [0.1, 0.15) is 5.75 Å². The maximum atomic E-state index is 12.3. The van der Waals surface area contributed by atoms with Crippen LogP contribution in [0.25, 0.3) is 0 Å². The molecule has 4 nitrogen and oxygen atoms in total. The first-order valence-electron chi connectivity index (χ1n) is 6.82. The summed E-state index contributed by atoms with van der Waals surface area (Å²) in [5.41, 5.74) is 1.24. The molecule has 0 fully saturated rings. The van der Waals surface area contributed by atoms with Gasteiger partial charge in [0.25, 0.3) is 5.91 Å². The molecule has 21 heavy (non-hydrogen) atoms. The number of anilines is 1. The molecule has 1 aliphatic heterocycles. The monoisotopic (exact) mass is 281 g/mol. The zero-order chi connectivity index (χ0) is 14.8. The second kappa shape index (κ2) is 5.40. The van der Waals surface area contributed by atoms with Crippen molar-refractivity contribution in [1.82, 2.24) is 0 Å². The molecular formula is C17H15NO3. The maximum Gasteiger partial charge on any atom is 0.268 e. The number of carbonyl (C=O) groups is 2. The Morgan fingerprint density at radius 2 is 1.76 bits per heavy atom. The van der Waals surface area contributed by atoms with E-state index in [1.807, 2.05) is 30.3 Å². The van der Waals surface area contributed by atoms with E-state index in [-0.39, 0.29) is 18.2 Å². The van der Waals surface area contributed by atoms with Crippen LogP contribution < -0.4 is 9.64 Å². The molecule has 1 unspecified atom stereocenters. The molecular weight excluding hydrogens is 266 g/mol. The number of ether oxygens (including phenoxy) is 1. The van der Waals surface area contributed by atoms with Gasteiger partial charge in [-0.2, -0.15) is 0 Å². The van der Waals surface area contributed by atoms with Crippen LogP contribution in [0.15, 0.2) is 54.6 Å². The summed E-state index contributed by atoms with van der Waals surface area (Å²) in [5.74, 6) is 0.344. The van der Waals surface area contributed by atoms with Gasteiger partial charge in [-0.3, -0.25) is 14.5 Å². The summed E-state index contributed by atoms with van der Waals surface area (Å²) in [6, 6.07) is 16.2. The van der Waals surface area contributed by atoms with Crippen LogP contribution in [0.3, 0.4) is 0 Å². The van der Waals surface area contributed by atoms with Crippen molar-refractivity contribution in [3.05, 3.63) is 60.2 Å². The molecule has 106 valence electrons. The Balaban J connectivity index is 1.91. The number of rotatable bonds is 3. The largest absolute Gasteiger partial charge is 0.479 e. The summed E-state index contributed by atoms with van der Waals surface area (Å²) in [6.45, 7) is 1.71. The number of amides is 1. The molecule has 1 aliphatic rings. The molecule has 4 heteroatoms. The average molecular weight is 281 g/mol. The standard InChI is InChI=1S/C17H15NO3/c1-12-17(20)18(14-9-5-6-10-16(14)21-12)11-15(19)13-7-3-2-4-8-13/h2-10,12H,11H2,1H3. The van der Waals surface area contributed by atoms with E-state index in [2.05, 4.69) is 0 Å². The molecule has 1 heterocycles. The summed E-state index contributed by atoms with van der Waals surface area (Å²) in [4.78, 5) is 26.1. The number of fused-ring (bicyclic) bond motifs is 1. The van der Waals surface area contributed by atoms with E-state index in [0.29, 0.717) is 17.0 Å². The number of para-hydroxylation sites is 2. The normalized spacial score (nSPS) is 17.1. The van der Waals surface area contributed by atoms with Gasteiger partial charge in [-0.15, -0.1) is 0 Å². The average Bonchev–Trinajstić information content (AvgIpc) is 2.52. The molecule has 1 atom stereocenters. The Morgan fingerprint density at radius 1 is 1.10 bits per heavy atom. The summed E-state index contributed by atoms with van der Waals surface area (Å²) < 4.78 is 5.56. The van der Waals surface area contributed by atoms with Crippen LogP contribution in [0.1, 0.15) is 17.3 Å². The lowest BCUT2D eigenvalue weighted by atomic mass is 10.1. The number of Topliss-reactive ketones (excluding diaryl/α,β-unsaturated/α-hetero) is 1. The van der Waals surface area contributed by atoms with Crippen molar-refractivity contribution in [1.29, 1.82) is 0 Å². The van der Waals surface area contributed by atoms with E-state index in [1.165, 1.54) is 4.90 Å². The van der Waals surface area contributed by atoms with Gasteiger partial charge in [0.15, 0.2) is 11.9 Å². The summed E-state index contributed by atoms with van der Waals surface area (Å²) in [5, 5.41) is 0. The Kier molecular flexibility index (Phi) is 3.44. The predicted octanol–water partition coefficient (Wildman–Crippen LogP) is 2.68. The number of hydrogen-bond acceptors (Lipinski definition) is 3. The van der Waals surface area contributed by atoms with E-state index < -0.39 is 6.10 Å². The van der Waals surface area contributed by atoms with Crippen molar-refractivity contribution in [2.75, 3.05) is 11.4 Å². The molecule has 2 aromatic rings. The van der Waals surface area contributed by atoms with Gasteiger partial charge in [-0.05, 0) is 19.1 Å². The lowest BCUT2D eigenvalue weighted by Crippen LogP contribution is -2.46. The third-order valence-corrected chi connectivity index (χ3v) is 3.47. The van der Waals surface area contributed by atoms with Crippen molar-refractivity contribution >= 4 is 17.4 Å². The highest BCUT2D eigenvalue weighted by Gasteiger charge is 2.32. The second-order valence-electron chi connectivity index (χ2n) is 4.94. The smallest absolute Gasteiger partial charge is 0.268 e. The molecule has 1 amide bonds. The molecule has 0 radical (unpaired) electrons. The molecule has 0 saturated carbocycles. The Labute approximate surface area is 123 Å². The first kappa shape index (κ1) is 13.4. The van der Waals surface area contributed by atoms with Crippen LogP contribution in [0.4, 0.5) is 5.69 Å². The van der Waals surface area contributed by atoms with Gasteiger partial charge in [0, 0.05) is 5.56 Å². The Hall–Kier alpha value is -2.62. The van der Waals surface area contributed by atoms with Crippen molar-refractivity contribution in [3.63, 3.8) is 0 Å². The van der Waals surface area contributed by atoms with Crippen molar-refractivity contribution < 1.29 is 14.3 Å². The highest BCUT2D eigenvalue weighted by molar-refractivity contribution is 6.08. The first-order chi connectivity index (χ1) is 10.2. The number of carbonyl (C=O) groups excluding carboxylic acids is 2. The van der Waals surface area contributed by atoms with E-state index in [9.17, 15) is 9.59 Å². The fraction of sp³-hybridized carbons (Fsp3) is 0.176. The fourth-order valence-electron chi connectivity index (χ4n) is 2.38. The number of ketones is 1. The van der Waals surface area contributed by atoms with Crippen LogP contribution in [0.5, 0.6) is 5.75 Å². The Morgan fingerprint density at radius 3 is 2.52 bits per heavy atom. The highest BCUT2D eigenvalue weighted by atomic mass is 16.5. The minimum atomic E-state index is -0.580. The van der Waals surface area contributed by atoms with Gasteiger partial charge >= 0.3 is 0 Å². The van der Waals surface area contributed by atoms with Gasteiger partial charge in [0.2, 0.25) is 0 Å². The zero-order valence-corrected chi connectivity index (χ0v) is 11.7. The quantitative estimate of drug-likeness (QED) is 0.813. The maximum absolute atomic E-state index is 12.3. The van der Waals surface area contributed by atoms with E-state index >= 15 is 0 Å². The molecule has 0 spiro atoms. The molecule has 0 aliphatic carbocycles. The SMILES string of the molecule is CC1Oc2ccccc2N(CC(=O)c2ccccc2)C1=O. The molecule has 3 rings (SSSR count). The van der Waals surface area contributed by atoms with Crippen LogP contribution >= 0.6 is 0 Å². The third-order valence-electron chi connectivity index (χ3n) is 3.47. The Bertz CT molecular complexity index is 681. The minimum absolute atomic E-state index is 0.0214. The van der Waals surface area contributed by atoms with E-state index in [1.54, 1.807) is 31.2 Å². The molecule has 0 aromatic heterocycles. The molecule has 2 aromatic carbocycles. The fourth-order valence-corrected chi connectivity index (χ4v) is 2.38. The van der Waals surface area contributed by atoms with Crippen LogP contribution in [-0.2, 0) is 4.79 Å². The zero-order valence-electron chi connectivity index (χ0n) is 11.7. The van der Waals surface area contributed by atoms with Gasteiger partial charge in [-0.1, -0.05) is 42.5 Å². The molecule has 0 saturated heterocycles. The van der Waals surface area contributed by atoms with Crippen LogP contribution in [0, 0.1) is 0 Å². The van der Waals surface area contributed by atoms with Gasteiger partial charge < -0.3 is 4.74 Å². The summed E-state index contributed by atoms with van der Waals surface area (Å²) in [7, 11) is 0. The van der Waals surface area contributed by atoms with Crippen LogP contribution in [0.2, 0.25) is 0 Å². The predicted molar refractivity (Wildman–Crippen MR) is 79.7 cm³/mol. The lowest BCUT2D eigenvalue weighted by molar-refractivity contribution is -0.125. The van der Waals surface area contributed by atoms with Crippen molar-refractivity contribution in [3.8, 4) is 5.75 Å². The van der Waals surface area contributed by atoms with Gasteiger partial charge in [-0.25, -0.2) is 0 Å². The van der Waals surface area contributed by atoms with Crippen molar-refractivity contribution in [2.24, 2.45) is 0 Å². The van der Waals surface area contributed by atoms with E-state index in [0.717, 1.165) is 0 Å².